The standard InChI is InChI=1S/C10H12N2.C2H6.CH3NS/c1-8(11)7-10(12)9-5-3-2-4-6-9;1-2;2-1-3/h2-7,12H,11H2,1H3;1-2H3;1H,(H2,2,3)/b8-7+,12-10?;;. The van der Waals surface area contributed by atoms with Crippen LogP contribution in [0.25, 0.3) is 0 Å². The van der Waals surface area contributed by atoms with Crippen molar-refractivity contribution in [1.29, 1.82) is 5.41 Å². The molecule has 0 unspecified atom stereocenters. The van der Waals surface area contributed by atoms with Gasteiger partial charge in [-0.3, -0.25) is 0 Å². The van der Waals surface area contributed by atoms with Crippen LogP contribution in [0.15, 0.2) is 42.1 Å². The summed E-state index contributed by atoms with van der Waals surface area (Å²) in [6, 6.07) is 9.52. The molecule has 0 heterocycles. The van der Waals surface area contributed by atoms with Crippen LogP contribution in [0.3, 0.4) is 0 Å². The van der Waals surface area contributed by atoms with E-state index in [1.54, 1.807) is 13.0 Å². The molecule has 0 aliphatic rings. The van der Waals surface area contributed by atoms with Crippen molar-refractivity contribution in [2.75, 3.05) is 0 Å². The normalized spacial score (nSPS) is 9.00. The average molecular weight is 251 g/mol. The molecule has 3 nitrogen and oxygen atoms in total. The fourth-order valence-corrected chi connectivity index (χ4v) is 0.929. The van der Waals surface area contributed by atoms with Crippen molar-refractivity contribution in [1.82, 2.24) is 0 Å². The number of nitrogens with two attached hydrogens (primary N) is 2. The van der Waals surface area contributed by atoms with Gasteiger partial charge in [0.1, 0.15) is 0 Å². The summed E-state index contributed by atoms with van der Waals surface area (Å²) in [6.45, 7) is 5.78. The fourth-order valence-electron chi connectivity index (χ4n) is 0.929. The smallest absolute Gasteiger partial charge is 0.0629 e. The summed E-state index contributed by atoms with van der Waals surface area (Å²) in [5.41, 5.74) is 13.1. The van der Waals surface area contributed by atoms with Gasteiger partial charge in [-0.15, -0.1) is 0 Å². The molecule has 1 rings (SSSR count). The van der Waals surface area contributed by atoms with Gasteiger partial charge in [0.15, 0.2) is 0 Å². The van der Waals surface area contributed by atoms with Crippen molar-refractivity contribution in [3.63, 3.8) is 0 Å². The largest absolute Gasteiger partial charge is 0.402 e. The van der Waals surface area contributed by atoms with Crippen LogP contribution in [-0.2, 0) is 0 Å². The second-order valence-electron chi connectivity index (χ2n) is 2.80. The molecule has 5 N–H and O–H groups in total. The molecule has 0 radical (unpaired) electrons. The van der Waals surface area contributed by atoms with Crippen molar-refractivity contribution >= 4 is 23.4 Å². The first kappa shape index (κ1) is 17.7. The molecule has 94 valence electrons. The minimum Gasteiger partial charge on any atom is -0.402 e. The van der Waals surface area contributed by atoms with E-state index in [2.05, 4.69) is 18.0 Å². The first-order chi connectivity index (χ1) is 8.11. The number of nitrogens with one attached hydrogen (secondary N) is 1. The van der Waals surface area contributed by atoms with Crippen LogP contribution in [0.5, 0.6) is 0 Å². The third kappa shape index (κ3) is 10.6. The van der Waals surface area contributed by atoms with Gasteiger partial charge < -0.3 is 16.9 Å². The summed E-state index contributed by atoms with van der Waals surface area (Å²) >= 11 is 4.05. The van der Waals surface area contributed by atoms with Crippen molar-refractivity contribution in [3.8, 4) is 0 Å². The van der Waals surface area contributed by atoms with Gasteiger partial charge in [0.2, 0.25) is 0 Å². The molecule has 1 aromatic carbocycles. The summed E-state index contributed by atoms with van der Waals surface area (Å²) in [5.74, 6) is 0. The molecule has 0 aromatic heterocycles. The van der Waals surface area contributed by atoms with E-state index < -0.39 is 0 Å². The third-order valence-electron chi connectivity index (χ3n) is 1.46. The van der Waals surface area contributed by atoms with Gasteiger partial charge in [-0.1, -0.05) is 56.4 Å². The van der Waals surface area contributed by atoms with E-state index in [0.29, 0.717) is 11.4 Å². The predicted octanol–water partition coefficient (Wildman–Crippen LogP) is 2.85. The molecule has 0 fully saturated rings. The lowest BCUT2D eigenvalue weighted by Gasteiger charge is -1.97. The first-order valence-electron chi connectivity index (χ1n) is 5.35. The lowest BCUT2D eigenvalue weighted by atomic mass is 10.1. The number of benzene rings is 1. The highest BCUT2D eigenvalue weighted by Gasteiger charge is 1.94. The molecule has 4 heteroatoms. The number of thiocarbonyl (C=S) groups is 1. The van der Waals surface area contributed by atoms with Crippen LogP contribution >= 0.6 is 12.2 Å². The van der Waals surface area contributed by atoms with Crippen LogP contribution in [0.1, 0.15) is 26.3 Å². The molecular weight excluding hydrogens is 230 g/mol. The van der Waals surface area contributed by atoms with Crippen LogP contribution in [0, 0.1) is 5.41 Å². The SMILES string of the molecule is C/C(N)=C\C(=N)c1ccccc1.CC.NC=S. The zero-order valence-corrected chi connectivity index (χ0v) is 11.4. The van der Waals surface area contributed by atoms with E-state index in [1.165, 1.54) is 0 Å². The quantitative estimate of drug-likeness (QED) is 0.559. The number of allylic oxidation sites excluding steroid dienone is 2. The molecule has 0 spiro atoms. The van der Waals surface area contributed by atoms with Crippen molar-refractivity contribution in [2.45, 2.75) is 20.8 Å². The van der Waals surface area contributed by atoms with E-state index in [1.807, 2.05) is 44.2 Å². The third-order valence-corrected chi connectivity index (χ3v) is 1.46. The van der Waals surface area contributed by atoms with E-state index in [4.69, 9.17) is 11.1 Å². The van der Waals surface area contributed by atoms with Crippen LogP contribution in [0.4, 0.5) is 0 Å². The Morgan fingerprint density at radius 3 is 2.00 bits per heavy atom. The Morgan fingerprint density at radius 1 is 1.24 bits per heavy atom. The molecule has 0 atom stereocenters. The highest BCUT2D eigenvalue weighted by molar-refractivity contribution is 7.78. The zero-order chi connectivity index (χ0) is 13.7. The van der Waals surface area contributed by atoms with Gasteiger partial charge in [-0.25, -0.2) is 0 Å². The summed E-state index contributed by atoms with van der Waals surface area (Å²) in [5, 5.41) is 7.60. The Balaban J connectivity index is 0. The Bertz CT molecular complexity index is 341. The van der Waals surface area contributed by atoms with Crippen LogP contribution in [0.2, 0.25) is 0 Å². The number of hydrogen-bond donors (Lipinski definition) is 3. The maximum absolute atomic E-state index is 7.60. The minimum absolute atomic E-state index is 0.454. The monoisotopic (exact) mass is 251 g/mol. The Morgan fingerprint density at radius 2 is 1.65 bits per heavy atom. The second kappa shape index (κ2) is 12.4. The lowest BCUT2D eigenvalue weighted by Crippen LogP contribution is -1.99. The van der Waals surface area contributed by atoms with Crippen molar-refractivity contribution in [3.05, 3.63) is 47.7 Å². The second-order valence-corrected chi connectivity index (χ2v) is 3.08. The van der Waals surface area contributed by atoms with Gasteiger partial charge in [0, 0.05) is 5.70 Å². The summed E-state index contributed by atoms with van der Waals surface area (Å²) in [6.07, 6.45) is 1.65. The van der Waals surface area contributed by atoms with Crippen LogP contribution in [-0.4, -0.2) is 11.2 Å². The molecule has 1 aromatic rings. The van der Waals surface area contributed by atoms with Crippen LogP contribution < -0.4 is 11.5 Å². The van der Waals surface area contributed by atoms with E-state index in [0.717, 1.165) is 11.1 Å². The van der Waals surface area contributed by atoms with Gasteiger partial charge >= 0.3 is 0 Å². The zero-order valence-electron chi connectivity index (χ0n) is 10.6. The average Bonchev–Trinajstić information content (AvgIpc) is 2.33. The molecule has 0 saturated carbocycles. The van der Waals surface area contributed by atoms with Crippen molar-refractivity contribution in [2.24, 2.45) is 11.5 Å². The Labute approximate surface area is 109 Å². The first-order valence-corrected chi connectivity index (χ1v) is 5.82. The fraction of sp³-hybridized carbons (Fsp3) is 0.231. The Hall–Kier alpha value is -1.68. The molecule has 17 heavy (non-hydrogen) atoms. The van der Waals surface area contributed by atoms with E-state index in [-0.39, 0.29) is 0 Å². The number of hydrogen-bond acceptors (Lipinski definition) is 3. The Kier molecular flexibility index (Phi) is 12.9. The lowest BCUT2D eigenvalue weighted by molar-refractivity contribution is 1.32. The van der Waals surface area contributed by atoms with Gasteiger partial charge in [-0.2, -0.15) is 0 Å². The highest BCUT2D eigenvalue weighted by Crippen LogP contribution is 2.01. The molecule has 0 aliphatic heterocycles. The van der Waals surface area contributed by atoms with Gasteiger partial charge in [-0.05, 0) is 18.6 Å². The minimum atomic E-state index is 0.454. The molecular formula is C13H21N3S. The number of rotatable bonds is 2. The molecule has 0 saturated heterocycles. The van der Waals surface area contributed by atoms with E-state index >= 15 is 0 Å². The van der Waals surface area contributed by atoms with Gasteiger partial charge in [0.25, 0.3) is 0 Å². The maximum Gasteiger partial charge on any atom is 0.0629 e. The molecule has 0 amide bonds. The van der Waals surface area contributed by atoms with Gasteiger partial charge in [0.05, 0.1) is 11.2 Å². The topological polar surface area (TPSA) is 75.9 Å². The summed E-state index contributed by atoms with van der Waals surface area (Å²) in [4.78, 5) is 0. The van der Waals surface area contributed by atoms with Crippen molar-refractivity contribution < 1.29 is 0 Å². The summed E-state index contributed by atoms with van der Waals surface area (Å²) < 4.78 is 0. The summed E-state index contributed by atoms with van der Waals surface area (Å²) in [7, 11) is 0. The highest BCUT2D eigenvalue weighted by atomic mass is 32.1. The molecule has 0 bridgehead atoms. The maximum atomic E-state index is 7.60. The van der Waals surface area contributed by atoms with E-state index in [9.17, 15) is 0 Å². The molecule has 0 aliphatic carbocycles. The predicted molar refractivity (Wildman–Crippen MR) is 80.4 cm³/mol.